The maximum atomic E-state index is 12.7. The first kappa shape index (κ1) is 24.4. The molecule has 1 saturated heterocycles. The molecule has 3 rings (SSSR count). The summed E-state index contributed by atoms with van der Waals surface area (Å²) in [5, 5.41) is 2.92. The monoisotopic (exact) mass is 472 g/mol. The Bertz CT molecular complexity index is 1060. The lowest BCUT2D eigenvalue weighted by molar-refractivity contribution is 0.0204. The molecule has 0 aromatic heterocycles. The predicted molar refractivity (Wildman–Crippen MR) is 129 cm³/mol. The Labute approximate surface area is 198 Å². The molecule has 9 heteroatoms. The molecule has 33 heavy (non-hydrogen) atoms. The summed E-state index contributed by atoms with van der Waals surface area (Å²) in [4.78, 5) is 38.2. The Morgan fingerprint density at radius 3 is 2.24 bits per heavy atom. The standard InChI is InChI=1S/C24H29ClN4O4/c1-24(2,3)33-23(32)29-10-8-15(9-11-29)14-4-6-16(7-5-14)22(31)28-19-13-17(25)12-18(20(19)26)21(27)30/h4-7,12-13,15H,8-11,26H2,1-3H3,(H2,27,30)(H,28,31). The number of anilines is 2. The van der Waals surface area contributed by atoms with Crippen molar-refractivity contribution in [1.82, 2.24) is 4.90 Å². The van der Waals surface area contributed by atoms with Crippen molar-refractivity contribution < 1.29 is 19.1 Å². The SMILES string of the molecule is CC(C)(C)OC(=O)N1CCC(c2ccc(C(=O)Nc3cc(Cl)cc(C(N)=O)c3N)cc2)CC1. The zero-order chi connectivity index (χ0) is 24.3. The van der Waals surface area contributed by atoms with Crippen molar-refractivity contribution >= 4 is 40.9 Å². The molecule has 0 unspecified atom stereocenters. The molecule has 0 atom stereocenters. The highest BCUT2D eigenvalue weighted by Crippen LogP contribution is 2.30. The van der Waals surface area contributed by atoms with Gasteiger partial charge in [-0.2, -0.15) is 0 Å². The number of nitrogens with two attached hydrogens (primary N) is 2. The number of benzene rings is 2. The molecule has 1 aliphatic rings. The summed E-state index contributed by atoms with van der Waals surface area (Å²) < 4.78 is 5.44. The molecule has 0 spiro atoms. The third-order valence-corrected chi connectivity index (χ3v) is 5.67. The Balaban J connectivity index is 1.63. The van der Waals surface area contributed by atoms with Crippen LogP contribution >= 0.6 is 11.6 Å². The fourth-order valence-corrected chi connectivity index (χ4v) is 3.97. The van der Waals surface area contributed by atoms with Crippen LogP contribution < -0.4 is 16.8 Å². The number of carbonyl (C=O) groups excluding carboxylic acids is 3. The van der Waals surface area contributed by atoms with E-state index in [0.717, 1.165) is 18.4 Å². The molecule has 0 radical (unpaired) electrons. The molecule has 0 aliphatic carbocycles. The highest BCUT2D eigenvalue weighted by atomic mass is 35.5. The van der Waals surface area contributed by atoms with Crippen LogP contribution in [0.1, 0.15) is 65.8 Å². The van der Waals surface area contributed by atoms with Crippen LogP contribution in [-0.2, 0) is 4.74 Å². The van der Waals surface area contributed by atoms with Gasteiger partial charge in [0.2, 0.25) is 0 Å². The molecular weight excluding hydrogens is 444 g/mol. The van der Waals surface area contributed by atoms with Gasteiger partial charge in [-0.3, -0.25) is 9.59 Å². The average molecular weight is 473 g/mol. The number of hydrogen-bond donors (Lipinski definition) is 3. The smallest absolute Gasteiger partial charge is 0.410 e. The number of nitrogens with one attached hydrogen (secondary N) is 1. The third-order valence-electron chi connectivity index (χ3n) is 5.45. The van der Waals surface area contributed by atoms with Crippen molar-refractivity contribution in [3.63, 3.8) is 0 Å². The molecule has 0 saturated carbocycles. The first-order chi connectivity index (χ1) is 15.4. The first-order valence-corrected chi connectivity index (χ1v) is 11.1. The maximum absolute atomic E-state index is 12.7. The summed E-state index contributed by atoms with van der Waals surface area (Å²) in [7, 11) is 0. The van der Waals surface area contributed by atoms with Gasteiger partial charge in [-0.1, -0.05) is 23.7 Å². The van der Waals surface area contributed by atoms with Crippen molar-refractivity contribution in [2.75, 3.05) is 24.1 Å². The zero-order valence-electron chi connectivity index (χ0n) is 19.0. The largest absolute Gasteiger partial charge is 0.444 e. The zero-order valence-corrected chi connectivity index (χ0v) is 19.7. The Morgan fingerprint density at radius 1 is 1.09 bits per heavy atom. The number of likely N-dealkylation sites (tertiary alicyclic amines) is 1. The number of ether oxygens (including phenoxy) is 1. The van der Waals surface area contributed by atoms with Crippen LogP contribution in [0.25, 0.3) is 0 Å². The second-order valence-corrected chi connectivity index (χ2v) is 9.53. The number of amides is 3. The van der Waals surface area contributed by atoms with E-state index in [1.807, 2.05) is 32.9 Å². The maximum Gasteiger partial charge on any atom is 0.410 e. The summed E-state index contributed by atoms with van der Waals surface area (Å²) in [6.45, 7) is 6.81. The number of nitrogens with zero attached hydrogens (tertiary/aromatic N) is 1. The Kier molecular flexibility index (Phi) is 7.17. The number of piperidine rings is 1. The molecule has 1 heterocycles. The number of primary amides is 1. The minimum Gasteiger partial charge on any atom is -0.444 e. The number of carbonyl (C=O) groups is 3. The average Bonchev–Trinajstić information content (AvgIpc) is 2.75. The van der Waals surface area contributed by atoms with Gasteiger partial charge >= 0.3 is 6.09 Å². The van der Waals surface area contributed by atoms with Gasteiger partial charge in [0.05, 0.1) is 16.9 Å². The predicted octanol–water partition coefficient (Wildman–Crippen LogP) is 4.39. The summed E-state index contributed by atoms with van der Waals surface area (Å²) in [5.41, 5.74) is 12.6. The minimum absolute atomic E-state index is 0.0471. The van der Waals surface area contributed by atoms with E-state index in [1.54, 1.807) is 17.0 Å². The van der Waals surface area contributed by atoms with Gasteiger partial charge in [0, 0.05) is 23.7 Å². The molecule has 176 valence electrons. The molecule has 5 N–H and O–H groups in total. The lowest BCUT2D eigenvalue weighted by atomic mass is 9.89. The van der Waals surface area contributed by atoms with Crippen molar-refractivity contribution in [1.29, 1.82) is 0 Å². The minimum atomic E-state index is -0.729. The van der Waals surface area contributed by atoms with Gasteiger partial charge in [-0.25, -0.2) is 4.79 Å². The van der Waals surface area contributed by atoms with Crippen molar-refractivity contribution in [2.45, 2.75) is 45.1 Å². The fraction of sp³-hybridized carbons (Fsp3) is 0.375. The van der Waals surface area contributed by atoms with E-state index in [1.165, 1.54) is 12.1 Å². The molecular formula is C24H29ClN4O4. The molecule has 8 nitrogen and oxygen atoms in total. The Morgan fingerprint density at radius 2 is 1.70 bits per heavy atom. The van der Waals surface area contributed by atoms with Gasteiger partial charge in [0.1, 0.15) is 5.60 Å². The van der Waals surface area contributed by atoms with E-state index in [9.17, 15) is 14.4 Å². The van der Waals surface area contributed by atoms with Gasteiger partial charge in [0.15, 0.2) is 0 Å². The second kappa shape index (κ2) is 9.70. The topological polar surface area (TPSA) is 128 Å². The number of halogens is 1. The molecule has 0 bridgehead atoms. The molecule has 2 aromatic rings. The summed E-state index contributed by atoms with van der Waals surface area (Å²) in [6.07, 6.45) is 1.35. The fourth-order valence-electron chi connectivity index (χ4n) is 3.75. The number of nitrogen functional groups attached to an aromatic ring is 1. The normalized spacial score (nSPS) is 14.6. The van der Waals surface area contributed by atoms with Crippen LogP contribution in [0.15, 0.2) is 36.4 Å². The van der Waals surface area contributed by atoms with Gasteiger partial charge in [0.25, 0.3) is 11.8 Å². The highest BCUT2D eigenvalue weighted by molar-refractivity contribution is 6.31. The van der Waals surface area contributed by atoms with Crippen molar-refractivity contribution in [3.05, 3.63) is 58.1 Å². The summed E-state index contributed by atoms with van der Waals surface area (Å²) >= 11 is 6.02. The lowest BCUT2D eigenvalue weighted by Gasteiger charge is -2.33. The van der Waals surface area contributed by atoms with E-state index in [0.29, 0.717) is 24.6 Å². The van der Waals surface area contributed by atoms with Gasteiger partial charge in [-0.05, 0) is 69.4 Å². The van der Waals surface area contributed by atoms with Gasteiger partial charge < -0.3 is 26.4 Å². The molecule has 1 aliphatic heterocycles. The molecule has 1 fully saturated rings. The van der Waals surface area contributed by atoms with Crippen molar-refractivity contribution in [3.8, 4) is 0 Å². The van der Waals surface area contributed by atoms with Crippen LogP contribution in [0, 0.1) is 0 Å². The van der Waals surface area contributed by atoms with Crippen LogP contribution in [0.2, 0.25) is 5.02 Å². The Hall–Kier alpha value is -3.26. The molecule has 3 amide bonds. The van der Waals surface area contributed by atoms with Crippen LogP contribution in [0.4, 0.5) is 16.2 Å². The lowest BCUT2D eigenvalue weighted by Crippen LogP contribution is -2.41. The molecule has 2 aromatic carbocycles. The highest BCUT2D eigenvalue weighted by Gasteiger charge is 2.27. The van der Waals surface area contributed by atoms with Crippen LogP contribution in [-0.4, -0.2) is 41.5 Å². The van der Waals surface area contributed by atoms with Crippen LogP contribution in [0.3, 0.4) is 0 Å². The summed E-state index contributed by atoms with van der Waals surface area (Å²) in [6, 6.07) is 10.1. The van der Waals surface area contributed by atoms with E-state index in [4.69, 9.17) is 27.8 Å². The first-order valence-electron chi connectivity index (χ1n) is 10.7. The quantitative estimate of drug-likeness (QED) is 0.568. The number of rotatable bonds is 4. The van der Waals surface area contributed by atoms with E-state index >= 15 is 0 Å². The van der Waals surface area contributed by atoms with Crippen LogP contribution in [0.5, 0.6) is 0 Å². The van der Waals surface area contributed by atoms with E-state index in [-0.39, 0.29) is 34.0 Å². The number of hydrogen-bond acceptors (Lipinski definition) is 5. The van der Waals surface area contributed by atoms with E-state index < -0.39 is 11.5 Å². The van der Waals surface area contributed by atoms with Gasteiger partial charge in [-0.15, -0.1) is 0 Å². The summed E-state index contributed by atoms with van der Waals surface area (Å²) in [5.74, 6) is -0.819. The third kappa shape index (κ3) is 6.16. The second-order valence-electron chi connectivity index (χ2n) is 9.10. The van der Waals surface area contributed by atoms with Crippen molar-refractivity contribution in [2.24, 2.45) is 5.73 Å². The van der Waals surface area contributed by atoms with E-state index in [2.05, 4.69) is 5.32 Å².